The zero-order valence-corrected chi connectivity index (χ0v) is 8.87. The van der Waals surface area contributed by atoms with Crippen LogP contribution in [-0.2, 0) is 4.74 Å². The molecule has 1 aromatic rings. The zero-order chi connectivity index (χ0) is 11.4. The molecule has 1 saturated heterocycles. The Bertz CT molecular complexity index is 408. The topological polar surface area (TPSA) is 45.0 Å². The van der Waals surface area contributed by atoms with Crippen LogP contribution in [0.5, 0.6) is 0 Å². The highest BCUT2D eigenvalue weighted by Gasteiger charge is 2.32. The summed E-state index contributed by atoms with van der Waals surface area (Å²) in [5, 5.41) is 12.3. The van der Waals surface area contributed by atoms with Gasteiger partial charge in [-0.25, -0.2) is 4.39 Å². The number of hydrogen-bond donors (Lipinski definition) is 1. The number of benzene rings is 1. The molecule has 0 saturated carbocycles. The Morgan fingerprint density at radius 3 is 2.75 bits per heavy atom. The number of nitrogens with zero attached hydrogens (tertiary/aromatic N) is 1. The minimum absolute atomic E-state index is 0.301. The second-order valence-electron chi connectivity index (χ2n) is 3.94. The molecule has 1 N–H and O–H groups in total. The van der Waals surface area contributed by atoms with Crippen LogP contribution in [0.25, 0.3) is 0 Å². The molecule has 0 unspecified atom stereocenters. The number of nitriles is 1. The summed E-state index contributed by atoms with van der Waals surface area (Å²) in [5.41, 5.74) is 0.0231. The summed E-state index contributed by atoms with van der Waals surface area (Å²) in [6, 6.07) is 8.44. The number of anilines is 1. The lowest BCUT2D eigenvalue weighted by Crippen LogP contribution is -2.42. The molecule has 1 aliphatic rings. The second-order valence-corrected chi connectivity index (χ2v) is 3.94. The Kier molecular flexibility index (Phi) is 3.07. The first-order valence-electron chi connectivity index (χ1n) is 5.27. The largest absolute Gasteiger partial charge is 0.381 e. The van der Waals surface area contributed by atoms with E-state index in [4.69, 9.17) is 4.74 Å². The highest BCUT2D eigenvalue weighted by molar-refractivity contribution is 5.48. The van der Waals surface area contributed by atoms with Gasteiger partial charge in [0.2, 0.25) is 0 Å². The van der Waals surface area contributed by atoms with Crippen LogP contribution in [0.2, 0.25) is 0 Å². The molecule has 0 aromatic heterocycles. The van der Waals surface area contributed by atoms with Gasteiger partial charge in [0.1, 0.15) is 11.4 Å². The summed E-state index contributed by atoms with van der Waals surface area (Å²) >= 11 is 0. The van der Waals surface area contributed by atoms with Gasteiger partial charge in [-0.3, -0.25) is 0 Å². The Labute approximate surface area is 93.8 Å². The molecule has 2 rings (SSSR count). The van der Waals surface area contributed by atoms with Crippen molar-refractivity contribution in [1.82, 2.24) is 0 Å². The van der Waals surface area contributed by atoms with E-state index in [0.29, 0.717) is 31.7 Å². The van der Waals surface area contributed by atoms with Gasteiger partial charge in [-0.2, -0.15) is 5.26 Å². The van der Waals surface area contributed by atoms with E-state index in [9.17, 15) is 9.65 Å². The monoisotopic (exact) mass is 220 g/mol. The van der Waals surface area contributed by atoms with Crippen molar-refractivity contribution in [2.45, 2.75) is 18.4 Å². The zero-order valence-electron chi connectivity index (χ0n) is 8.87. The Hall–Kier alpha value is -1.60. The van der Waals surface area contributed by atoms with Crippen molar-refractivity contribution in [1.29, 1.82) is 5.26 Å². The van der Waals surface area contributed by atoms with E-state index < -0.39 is 5.54 Å². The third-order valence-electron chi connectivity index (χ3n) is 2.77. The number of ether oxygens (including phenoxy) is 1. The van der Waals surface area contributed by atoms with Crippen molar-refractivity contribution >= 4 is 5.69 Å². The van der Waals surface area contributed by atoms with Gasteiger partial charge in [0, 0.05) is 31.7 Å². The summed E-state index contributed by atoms with van der Waals surface area (Å²) in [4.78, 5) is 0. The van der Waals surface area contributed by atoms with Gasteiger partial charge in [-0.15, -0.1) is 0 Å². The number of nitrogens with one attached hydrogen (secondary N) is 1. The van der Waals surface area contributed by atoms with Gasteiger partial charge in [-0.05, 0) is 18.2 Å². The molecule has 1 aromatic carbocycles. The lowest BCUT2D eigenvalue weighted by Gasteiger charge is -2.32. The Balaban J connectivity index is 2.15. The first kappa shape index (κ1) is 10.9. The van der Waals surface area contributed by atoms with E-state index in [1.165, 1.54) is 12.1 Å². The Morgan fingerprint density at radius 1 is 1.38 bits per heavy atom. The van der Waals surface area contributed by atoms with E-state index in [1.54, 1.807) is 12.1 Å². The highest BCUT2D eigenvalue weighted by Crippen LogP contribution is 2.25. The lowest BCUT2D eigenvalue weighted by molar-refractivity contribution is 0.0753. The van der Waals surface area contributed by atoms with Crippen LogP contribution >= 0.6 is 0 Å². The van der Waals surface area contributed by atoms with E-state index in [1.807, 2.05) is 0 Å². The minimum atomic E-state index is -0.619. The smallest absolute Gasteiger partial charge is 0.129 e. The van der Waals surface area contributed by atoms with Crippen LogP contribution in [0.4, 0.5) is 10.1 Å². The fourth-order valence-electron chi connectivity index (χ4n) is 1.83. The minimum Gasteiger partial charge on any atom is -0.381 e. The molecule has 84 valence electrons. The first-order chi connectivity index (χ1) is 7.74. The predicted molar refractivity (Wildman–Crippen MR) is 58.4 cm³/mol. The molecule has 0 bridgehead atoms. The maximum absolute atomic E-state index is 13.0. The molecule has 0 radical (unpaired) electrons. The van der Waals surface area contributed by atoms with E-state index in [2.05, 4.69) is 11.4 Å². The fourth-order valence-corrected chi connectivity index (χ4v) is 1.83. The van der Waals surface area contributed by atoms with E-state index >= 15 is 0 Å². The average Bonchev–Trinajstić information content (AvgIpc) is 2.30. The normalized spacial score (nSPS) is 18.8. The highest BCUT2D eigenvalue weighted by atomic mass is 19.1. The fraction of sp³-hybridized carbons (Fsp3) is 0.417. The van der Waals surface area contributed by atoms with E-state index in [-0.39, 0.29) is 5.82 Å². The SMILES string of the molecule is N#CC1(Nc2cccc(F)c2)CCOCC1. The number of hydrogen-bond acceptors (Lipinski definition) is 3. The third kappa shape index (κ3) is 2.31. The molecule has 1 aliphatic heterocycles. The maximum atomic E-state index is 13.0. The molecular formula is C12H13FN2O. The summed E-state index contributed by atoms with van der Waals surface area (Å²) in [6.07, 6.45) is 1.25. The molecule has 0 amide bonds. The maximum Gasteiger partial charge on any atom is 0.129 e. The van der Waals surface area contributed by atoms with Crippen molar-refractivity contribution in [3.05, 3.63) is 30.1 Å². The lowest BCUT2D eigenvalue weighted by atomic mass is 9.91. The molecule has 16 heavy (non-hydrogen) atoms. The summed E-state index contributed by atoms with van der Waals surface area (Å²) < 4.78 is 18.2. The van der Waals surface area contributed by atoms with Crippen molar-refractivity contribution in [2.75, 3.05) is 18.5 Å². The Morgan fingerprint density at radius 2 is 2.12 bits per heavy atom. The summed E-state index contributed by atoms with van der Waals surface area (Å²) in [5.74, 6) is -0.301. The molecule has 0 atom stereocenters. The molecule has 1 fully saturated rings. The number of halogens is 1. The summed E-state index contributed by atoms with van der Waals surface area (Å²) in [7, 11) is 0. The van der Waals surface area contributed by atoms with Gasteiger partial charge >= 0.3 is 0 Å². The van der Waals surface area contributed by atoms with Gasteiger partial charge in [-0.1, -0.05) is 6.07 Å². The van der Waals surface area contributed by atoms with Gasteiger partial charge in [0.05, 0.1) is 6.07 Å². The quantitative estimate of drug-likeness (QED) is 0.831. The van der Waals surface area contributed by atoms with Crippen molar-refractivity contribution in [2.24, 2.45) is 0 Å². The predicted octanol–water partition coefficient (Wildman–Crippen LogP) is 2.31. The van der Waals surface area contributed by atoms with Crippen LogP contribution in [-0.4, -0.2) is 18.8 Å². The first-order valence-corrected chi connectivity index (χ1v) is 5.27. The van der Waals surface area contributed by atoms with Crippen molar-refractivity contribution in [3.8, 4) is 6.07 Å². The molecule has 1 heterocycles. The van der Waals surface area contributed by atoms with Crippen LogP contribution in [0.15, 0.2) is 24.3 Å². The van der Waals surface area contributed by atoms with Crippen LogP contribution < -0.4 is 5.32 Å². The molecule has 3 nitrogen and oxygen atoms in total. The average molecular weight is 220 g/mol. The molecule has 0 spiro atoms. The van der Waals surface area contributed by atoms with E-state index in [0.717, 1.165) is 0 Å². The molecule has 0 aliphatic carbocycles. The van der Waals surface area contributed by atoms with Crippen LogP contribution in [0.1, 0.15) is 12.8 Å². The van der Waals surface area contributed by atoms with Crippen molar-refractivity contribution in [3.63, 3.8) is 0 Å². The van der Waals surface area contributed by atoms with Crippen molar-refractivity contribution < 1.29 is 9.13 Å². The van der Waals surface area contributed by atoms with Gasteiger partial charge in [0.15, 0.2) is 0 Å². The molecule has 4 heteroatoms. The van der Waals surface area contributed by atoms with Crippen LogP contribution in [0.3, 0.4) is 0 Å². The second kappa shape index (κ2) is 4.50. The number of rotatable bonds is 2. The third-order valence-corrected chi connectivity index (χ3v) is 2.77. The molecular weight excluding hydrogens is 207 g/mol. The van der Waals surface area contributed by atoms with Crippen LogP contribution in [0, 0.1) is 17.1 Å². The van der Waals surface area contributed by atoms with Gasteiger partial charge in [0.25, 0.3) is 0 Å². The summed E-state index contributed by atoms with van der Waals surface area (Å²) in [6.45, 7) is 1.13. The van der Waals surface area contributed by atoms with Gasteiger partial charge < -0.3 is 10.1 Å². The standard InChI is InChI=1S/C12H13FN2O/c13-10-2-1-3-11(8-10)15-12(9-14)4-6-16-7-5-12/h1-3,8,15H,4-7H2.